The number of carboxylic acids is 1. The van der Waals surface area contributed by atoms with Gasteiger partial charge in [0.2, 0.25) is 11.9 Å². The van der Waals surface area contributed by atoms with Crippen molar-refractivity contribution in [2.24, 2.45) is 0 Å². The van der Waals surface area contributed by atoms with Gasteiger partial charge in [-0.25, -0.2) is 14.6 Å². The first kappa shape index (κ1) is 33.0. The summed E-state index contributed by atoms with van der Waals surface area (Å²) in [5, 5.41) is 20.0. The number of fused-ring (bicyclic) bond motifs is 6. The fraction of sp³-hybridized carbons (Fsp3) is 0.219. The number of nitrogens with zero attached hydrogens (tertiary/aromatic N) is 3. The highest BCUT2D eigenvalue weighted by Gasteiger charge is 2.38. The molecule has 15 heteroatoms. The second kappa shape index (κ2) is 14.4. The van der Waals surface area contributed by atoms with Gasteiger partial charge in [0.05, 0.1) is 6.20 Å². The van der Waals surface area contributed by atoms with Crippen LogP contribution in [0.3, 0.4) is 0 Å². The highest BCUT2D eigenvalue weighted by atomic mass is 35.5. The number of para-hydroxylation sites is 1. The lowest BCUT2D eigenvalue weighted by atomic mass is 10.0. The molecule has 1 saturated heterocycles. The van der Waals surface area contributed by atoms with Crippen LogP contribution in [-0.4, -0.2) is 56.6 Å². The molecule has 2 aliphatic heterocycles. The number of halogens is 4. The van der Waals surface area contributed by atoms with Crippen molar-refractivity contribution in [1.82, 2.24) is 14.9 Å². The maximum absolute atomic E-state index is 13.5. The molecule has 3 heterocycles. The van der Waals surface area contributed by atoms with E-state index in [-0.39, 0.29) is 11.9 Å². The predicted octanol–water partition coefficient (Wildman–Crippen LogP) is 6.98. The number of likely N-dealkylation sites (tertiary alicyclic amines) is 1. The van der Waals surface area contributed by atoms with Crippen LogP contribution in [-0.2, 0) is 22.4 Å². The quantitative estimate of drug-likeness (QED) is 0.157. The summed E-state index contributed by atoms with van der Waals surface area (Å²) in [6.45, 7) is 0.526. The number of amides is 3. The molecule has 4 aromatic rings. The van der Waals surface area contributed by atoms with Gasteiger partial charge in [0.25, 0.3) is 0 Å². The summed E-state index contributed by atoms with van der Waals surface area (Å²) in [6.07, 6.45) is -0.705. The Morgan fingerprint density at radius 3 is 2.43 bits per heavy atom. The molecule has 6 rings (SSSR count). The molecule has 0 unspecified atom stereocenters. The van der Waals surface area contributed by atoms with E-state index in [4.69, 9.17) is 21.5 Å². The van der Waals surface area contributed by atoms with Crippen LogP contribution in [0.15, 0.2) is 79.0 Å². The minimum atomic E-state index is -5.08. The third kappa shape index (κ3) is 8.67. The summed E-state index contributed by atoms with van der Waals surface area (Å²) in [5.41, 5.74) is 5.16. The molecule has 5 N–H and O–H groups in total. The normalized spacial score (nSPS) is 15.2. The Kier molecular flexibility index (Phi) is 10.1. The fourth-order valence-corrected chi connectivity index (χ4v) is 5.22. The number of aliphatic carboxylic acids is 1. The van der Waals surface area contributed by atoms with Crippen LogP contribution in [0.2, 0.25) is 5.02 Å². The highest BCUT2D eigenvalue weighted by Crippen LogP contribution is 2.30. The van der Waals surface area contributed by atoms with E-state index in [1.54, 1.807) is 11.1 Å². The number of carboxylic acid groups (broad SMARTS) is 1. The van der Waals surface area contributed by atoms with Gasteiger partial charge in [0.15, 0.2) is 5.82 Å². The lowest BCUT2D eigenvalue weighted by Crippen LogP contribution is -2.45. The van der Waals surface area contributed by atoms with Gasteiger partial charge in [-0.3, -0.25) is 4.79 Å². The minimum absolute atomic E-state index is 0.199. The smallest absolute Gasteiger partial charge is 0.475 e. The zero-order chi connectivity index (χ0) is 33.6. The van der Waals surface area contributed by atoms with Gasteiger partial charge in [-0.05, 0) is 79.3 Å². The summed E-state index contributed by atoms with van der Waals surface area (Å²) in [5.74, 6) is -2.05. The standard InChI is InChI=1S/C30H28ClN7O2.C2HF3O2/c31-24-18-32-29-34-22-9-4-6-19(16-22)11-12-20-17-23(33-27(24)37-29)13-14-25(20)36-28(39)26-10-5-15-38(26)30(40)35-21-7-2-1-3-8-21;3-2(4,5)1(6)7/h1-4,6-9,13-14,16-18,26H,5,10-12,15H2,(H,35,40)(H,36,39)(H2,32,33,34,37);(H,6,7)/t26-;/m0./s1. The Labute approximate surface area is 272 Å². The SMILES string of the molecule is O=C(Nc1ccc2cc1CCc1cccc(c1)Nc1ncc(Cl)c(n1)N2)[C@@H]1CCCN1C(=O)Nc1ccccc1.O=C(O)C(F)(F)F. The molecule has 3 amide bonds. The molecule has 244 valence electrons. The molecule has 0 radical (unpaired) electrons. The number of urea groups is 1. The van der Waals surface area contributed by atoms with Gasteiger partial charge in [0, 0.05) is 29.3 Å². The van der Waals surface area contributed by atoms with E-state index in [9.17, 15) is 22.8 Å². The molecule has 0 aliphatic carbocycles. The molecular formula is C32H29ClF3N7O4. The lowest BCUT2D eigenvalue weighted by Gasteiger charge is -2.25. The maximum atomic E-state index is 13.5. The Morgan fingerprint density at radius 2 is 1.68 bits per heavy atom. The fourth-order valence-electron chi connectivity index (χ4n) is 5.08. The molecular weight excluding hydrogens is 639 g/mol. The monoisotopic (exact) mass is 667 g/mol. The van der Waals surface area contributed by atoms with Crippen LogP contribution < -0.4 is 21.3 Å². The number of anilines is 6. The van der Waals surface area contributed by atoms with E-state index in [0.717, 1.165) is 35.3 Å². The summed E-state index contributed by atoms with van der Waals surface area (Å²) >= 11 is 6.39. The number of rotatable bonds is 3. The number of nitrogens with one attached hydrogen (secondary N) is 4. The van der Waals surface area contributed by atoms with E-state index in [1.807, 2.05) is 60.7 Å². The third-order valence-corrected chi connectivity index (χ3v) is 7.60. The lowest BCUT2D eigenvalue weighted by molar-refractivity contribution is -0.192. The first-order valence-electron chi connectivity index (χ1n) is 14.5. The van der Waals surface area contributed by atoms with E-state index in [0.29, 0.717) is 47.6 Å². The van der Waals surface area contributed by atoms with Crippen molar-refractivity contribution >= 4 is 64.0 Å². The van der Waals surface area contributed by atoms with Crippen LogP contribution in [0, 0.1) is 0 Å². The first-order valence-corrected chi connectivity index (χ1v) is 14.9. The molecule has 1 fully saturated rings. The van der Waals surface area contributed by atoms with Crippen LogP contribution in [0.5, 0.6) is 0 Å². The highest BCUT2D eigenvalue weighted by molar-refractivity contribution is 6.32. The van der Waals surface area contributed by atoms with Crippen molar-refractivity contribution in [3.8, 4) is 0 Å². The zero-order valence-corrected chi connectivity index (χ0v) is 25.4. The molecule has 6 bridgehead atoms. The molecule has 2 aliphatic rings. The Balaban J connectivity index is 0.000000559. The molecule has 47 heavy (non-hydrogen) atoms. The third-order valence-electron chi connectivity index (χ3n) is 7.32. The van der Waals surface area contributed by atoms with Gasteiger partial charge in [-0.15, -0.1) is 0 Å². The van der Waals surface area contributed by atoms with E-state index < -0.39 is 18.2 Å². The van der Waals surface area contributed by atoms with Crippen molar-refractivity contribution in [2.75, 3.05) is 27.8 Å². The van der Waals surface area contributed by atoms with Gasteiger partial charge in [-0.1, -0.05) is 41.9 Å². The minimum Gasteiger partial charge on any atom is -0.475 e. The summed E-state index contributed by atoms with van der Waals surface area (Å²) < 4.78 is 31.7. The second-order valence-corrected chi connectivity index (χ2v) is 11.1. The predicted molar refractivity (Wildman–Crippen MR) is 171 cm³/mol. The number of aryl methyl sites for hydroxylation is 2. The van der Waals surface area contributed by atoms with Gasteiger partial charge < -0.3 is 31.3 Å². The Hall–Kier alpha value is -5.37. The molecule has 0 spiro atoms. The maximum Gasteiger partial charge on any atom is 0.490 e. The van der Waals surface area contributed by atoms with Crippen LogP contribution in [0.25, 0.3) is 0 Å². The average Bonchev–Trinajstić information content (AvgIpc) is 3.54. The number of carbonyl (C=O) groups is 3. The Morgan fingerprint density at radius 1 is 0.936 bits per heavy atom. The Bertz CT molecular complexity index is 1780. The summed E-state index contributed by atoms with van der Waals surface area (Å²) in [6, 6.07) is 22.3. The first-order chi connectivity index (χ1) is 22.5. The molecule has 1 aromatic heterocycles. The number of hydrogen-bond acceptors (Lipinski definition) is 7. The van der Waals surface area contributed by atoms with Gasteiger partial charge >= 0.3 is 18.2 Å². The summed E-state index contributed by atoms with van der Waals surface area (Å²) in [7, 11) is 0. The number of hydrogen-bond donors (Lipinski definition) is 5. The van der Waals surface area contributed by atoms with Crippen LogP contribution >= 0.6 is 11.6 Å². The van der Waals surface area contributed by atoms with E-state index >= 15 is 0 Å². The van der Waals surface area contributed by atoms with Gasteiger partial charge in [0.1, 0.15) is 11.1 Å². The second-order valence-electron chi connectivity index (χ2n) is 10.7. The van der Waals surface area contributed by atoms with E-state index in [1.165, 1.54) is 0 Å². The number of carbonyl (C=O) groups excluding carboxylic acids is 2. The van der Waals surface area contributed by atoms with Crippen LogP contribution in [0.4, 0.5) is 52.5 Å². The molecule has 3 aromatic carbocycles. The molecule has 0 saturated carbocycles. The summed E-state index contributed by atoms with van der Waals surface area (Å²) in [4.78, 5) is 45.8. The van der Waals surface area contributed by atoms with Crippen molar-refractivity contribution in [3.05, 3.63) is 95.1 Å². The number of alkyl halides is 3. The molecule has 1 atom stereocenters. The van der Waals surface area contributed by atoms with Crippen molar-refractivity contribution in [3.63, 3.8) is 0 Å². The number of aromatic nitrogens is 2. The largest absolute Gasteiger partial charge is 0.490 e. The van der Waals surface area contributed by atoms with Gasteiger partial charge in [-0.2, -0.15) is 18.2 Å². The van der Waals surface area contributed by atoms with Crippen molar-refractivity contribution in [2.45, 2.75) is 37.9 Å². The zero-order valence-electron chi connectivity index (χ0n) is 24.6. The molecule has 11 nitrogen and oxygen atoms in total. The topological polar surface area (TPSA) is 149 Å². The number of benzene rings is 3. The van der Waals surface area contributed by atoms with Crippen molar-refractivity contribution in [1.29, 1.82) is 0 Å². The van der Waals surface area contributed by atoms with Crippen molar-refractivity contribution < 1.29 is 32.7 Å². The average molecular weight is 668 g/mol. The van der Waals surface area contributed by atoms with E-state index in [2.05, 4.69) is 43.4 Å². The van der Waals surface area contributed by atoms with Crippen LogP contribution in [0.1, 0.15) is 24.0 Å².